The Morgan fingerprint density at radius 3 is 2.51 bits per heavy atom. The van der Waals surface area contributed by atoms with Gasteiger partial charge in [-0.3, -0.25) is 14.5 Å². The zero-order chi connectivity index (χ0) is 25.0. The smallest absolute Gasteiger partial charge is 0.249 e. The Morgan fingerprint density at radius 1 is 1.11 bits per heavy atom. The van der Waals surface area contributed by atoms with Gasteiger partial charge >= 0.3 is 0 Å². The number of thiophene rings is 1. The van der Waals surface area contributed by atoms with Crippen LogP contribution in [-0.4, -0.2) is 39.5 Å². The molecule has 0 saturated heterocycles. The standard InChI is InChI=1S/C26H29N5O3S/c1-5-26(2,3)27-25(33)24(22-11-8-16-35-22)31(18-12-14-19(34-4)15-13-18)23(32)17-30-21-10-7-6-9-20(21)28-29-30/h6-16,24H,5,17H2,1-4H3,(H,27,33)/t24-/m1/s1. The third kappa shape index (κ3) is 5.35. The van der Waals surface area contributed by atoms with E-state index in [-0.39, 0.29) is 18.4 Å². The number of anilines is 1. The van der Waals surface area contributed by atoms with Gasteiger partial charge in [-0.05, 0) is 68.1 Å². The summed E-state index contributed by atoms with van der Waals surface area (Å²) < 4.78 is 6.86. The number of carbonyl (C=O) groups excluding carboxylic acids is 2. The van der Waals surface area contributed by atoms with Crippen LogP contribution in [0.15, 0.2) is 66.0 Å². The molecule has 0 bridgehead atoms. The fraction of sp³-hybridized carbons (Fsp3) is 0.308. The number of nitrogens with one attached hydrogen (secondary N) is 1. The molecule has 2 aromatic heterocycles. The Hall–Kier alpha value is -3.72. The van der Waals surface area contributed by atoms with Crippen LogP contribution in [0, 0.1) is 0 Å². The van der Waals surface area contributed by atoms with Crippen LogP contribution in [0.2, 0.25) is 0 Å². The highest BCUT2D eigenvalue weighted by molar-refractivity contribution is 7.10. The molecule has 0 saturated carbocycles. The van der Waals surface area contributed by atoms with Crippen LogP contribution < -0.4 is 15.0 Å². The molecule has 0 aliphatic carbocycles. The quantitative estimate of drug-likeness (QED) is 0.370. The van der Waals surface area contributed by atoms with Crippen molar-refractivity contribution in [3.8, 4) is 5.75 Å². The second-order valence-electron chi connectivity index (χ2n) is 8.84. The van der Waals surface area contributed by atoms with Crippen molar-refractivity contribution in [1.82, 2.24) is 20.3 Å². The Labute approximate surface area is 208 Å². The zero-order valence-electron chi connectivity index (χ0n) is 20.3. The van der Waals surface area contributed by atoms with Crippen LogP contribution in [0.1, 0.15) is 38.1 Å². The van der Waals surface area contributed by atoms with Crippen molar-refractivity contribution in [2.75, 3.05) is 12.0 Å². The van der Waals surface area contributed by atoms with Gasteiger partial charge in [0.2, 0.25) is 11.8 Å². The highest BCUT2D eigenvalue weighted by Gasteiger charge is 2.36. The average Bonchev–Trinajstić information content (AvgIpc) is 3.53. The van der Waals surface area contributed by atoms with Crippen LogP contribution in [0.25, 0.3) is 11.0 Å². The maximum Gasteiger partial charge on any atom is 0.249 e. The number of nitrogens with zero attached hydrogens (tertiary/aromatic N) is 4. The van der Waals surface area contributed by atoms with E-state index in [0.717, 1.165) is 16.8 Å². The van der Waals surface area contributed by atoms with Gasteiger partial charge in [0, 0.05) is 16.1 Å². The number of amides is 2. The van der Waals surface area contributed by atoms with Gasteiger partial charge in [0.1, 0.15) is 23.9 Å². The molecule has 0 aliphatic rings. The lowest BCUT2D eigenvalue weighted by molar-refractivity contribution is -0.128. The number of hydrogen-bond donors (Lipinski definition) is 1. The molecule has 9 heteroatoms. The second-order valence-corrected chi connectivity index (χ2v) is 9.82. The molecule has 2 aromatic carbocycles. The van der Waals surface area contributed by atoms with E-state index in [4.69, 9.17) is 4.74 Å². The molecule has 8 nitrogen and oxygen atoms in total. The lowest BCUT2D eigenvalue weighted by Gasteiger charge is -2.34. The second kappa shape index (κ2) is 10.3. The largest absolute Gasteiger partial charge is 0.497 e. The van der Waals surface area contributed by atoms with Gasteiger partial charge in [0.25, 0.3) is 0 Å². The molecule has 2 amide bonds. The van der Waals surface area contributed by atoms with E-state index in [1.54, 1.807) is 41.0 Å². The van der Waals surface area contributed by atoms with Gasteiger partial charge in [0.05, 0.1) is 12.6 Å². The number of para-hydroxylation sites is 1. The predicted octanol–water partition coefficient (Wildman–Crippen LogP) is 4.58. The summed E-state index contributed by atoms with van der Waals surface area (Å²) in [5.41, 5.74) is 1.61. The molecule has 4 rings (SSSR count). The molecule has 1 atom stereocenters. The maximum absolute atomic E-state index is 13.9. The first-order chi connectivity index (χ1) is 16.8. The highest BCUT2D eigenvalue weighted by Crippen LogP contribution is 2.33. The van der Waals surface area contributed by atoms with Crippen molar-refractivity contribution < 1.29 is 14.3 Å². The number of ether oxygens (including phenoxy) is 1. The van der Waals surface area contributed by atoms with E-state index in [2.05, 4.69) is 15.6 Å². The number of methoxy groups -OCH3 is 1. The summed E-state index contributed by atoms with van der Waals surface area (Å²) in [7, 11) is 1.59. The summed E-state index contributed by atoms with van der Waals surface area (Å²) in [6.07, 6.45) is 0.747. The molecule has 1 N–H and O–H groups in total. The number of fused-ring (bicyclic) bond motifs is 1. The van der Waals surface area contributed by atoms with Crippen molar-refractivity contribution in [2.24, 2.45) is 0 Å². The van der Waals surface area contributed by atoms with Gasteiger partial charge in [-0.2, -0.15) is 0 Å². The highest BCUT2D eigenvalue weighted by atomic mass is 32.1. The van der Waals surface area contributed by atoms with E-state index in [0.29, 0.717) is 17.0 Å². The molecule has 0 unspecified atom stereocenters. The van der Waals surface area contributed by atoms with Gasteiger partial charge < -0.3 is 10.1 Å². The minimum Gasteiger partial charge on any atom is -0.497 e. The summed E-state index contributed by atoms with van der Waals surface area (Å²) in [6.45, 7) is 5.89. The zero-order valence-corrected chi connectivity index (χ0v) is 21.1. The molecular weight excluding hydrogens is 462 g/mol. The fourth-order valence-electron chi connectivity index (χ4n) is 3.73. The summed E-state index contributed by atoms with van der Waals surface area (Å²) in [4.78, 5) is 29.9. The minimum atomic E-state index is -0.850. The first kappa shape index (κ1) is 24.4. The van der Waals surface area contributed by atoms with Crippen LogP contribution in [0.4, 0.5) is 5.69 Å². The number of rotatable bonds is 9. The lowest BCUT2D eigenvalue weighted by atomic mass is 10.0. The summed E-state index contributed by atoms with van der Waals surface area (Å²) in [6, 6.07) is 17.5. The van der Waals surface area contributed by atoms with Crippen molar-refractivity contribution in [2.45, 2.75) is 45.3 Å². The third-order valence-electron chi connectivity index (χ3n) is 5.99. The number of benzene rings is 2. The normalized spacial score (nSPS) is 12.3. The lowest BCUT2D eigenvalue weighted by Crippen LogP contribution is -2.50. The Balaban J connectivity index is 1.77. The van der Waals surface area contributed by atoms with Crippen LogP contribution in [0.3, 0.4) is 0 Å². The van der Waals surface area contributed by atoms with Crippen molar-refractivity contribution in [1.29, 1.82) is 0 Å². The van der Waals surface area contributed by atoms with Crippen molar-refractivity contribution >= 4 is 39.9 Å². The first-order valence-corrected chi connectivity index (χ1v) is 12.3. The summed E-state index contributed by atoms with van der Waals surface area (Å²) >= 11 is 1.44. The molecule has 182 valence electrons. The monoisotopic (exact) mass is 491 g/mol. The Bertz CT molecular complexity index is 1300. The molecule has 2 heterocycles. The van der Waals surface area contributed by atoms with Gasteiger partial charge in [-0.1, -0.05) is 30.3 Å². The van der Waals surface area contributed by atoms with Crippen LogP contribution >= 0.6 is 11.3 Å². The molecule has 35 heavy (non-hydrogen) atoms. The molecule has 0 spiro atoms. The summed E-state index contributed by atoms with van der Waals surface area (Å²) in [5.74, 6) is 0.133. The van der Waals surface area contributed by atoms with Gasteiger partial charge in [-0.15, -0.1) is 16.4 Å². The topological polar surface area (TPSA) is 89.4 Å². The molecule has 0 radical (unpaired) electrons. The minimum absolute atomic E-state index is 0.0706. The van der Waals surface area contributed by atoms with Crippen molar-refractivity contribution in [3.63, 3.8) is 0 Å². The first-order valence-electron chi connectivity index (χ1n) is 11.4. The van der Waals surface area contributed by atoms with E-state index in [1.165, 1.54) is 11.3 Å². The van der Waals surface area contributed by atoms with E-state index in [1.807, 2.05) is 62.5 Å². The Kier molecular flexibility index (Phi) is 7.16. The molecule has 4 aromatic rings. The molecule has 0 fully saturated rings. The Morgan fingerprint density at radius 2 is 1.86 bits per heavy atom. The number of hydrogen-bond acceptors (Lipinski definition) is 6. The van der Waals surface area contributed by atoms with E-state index >= 15 is 0 Å². The third-order valence-corrected chi connectivity index (χ3v) is 6.91. The van der Waals surface area contributed by atoms with E-state index < -0.39 is 11.6 Å². The van der Waals surface area contributed by atoms with Crippen LogP contribution in [-0.2, 0) is 16.1 Å². The summed E-state index contributed by atoms with van der Waals surface area (Å²) in [5, 5.41) is 13.4. The molecular formula is C26H29N5O3S. The van der Waals surface area contributed by atoms with Crippen LogP contribution in [0.5, 0.6) is 5.75 Å². The van der Waals surface area contributed by atoms with E-state index in [9.17, 15) is 9.59 Å². The number of carbonyl (C=O) groups is 2. The van der Waals surface area contributed by atoms with Gasteiger partial charge in [-0.25, -0.2) is 4.68 Å². The molecule has 0 aliphatic heterocycles. The number of aromatic nitrogens is 3. The van der Waals surface area contributed by atoms with Gasteiger partial charge in [0.15, 0.2) is 0 Å². The predicted molar refractivity (Wildman–Crippen MR) is 138 cm³/mol. The van der Waals surface area contributed by atoms with Crippen molar-refractivity contribution in [3.05, 3.63) is 70.9 Å². The average molecular weight is 492 g/mol. The SMILES string of the molecule is CCC(C)(C)NC(=O)[C@@H](c1cccs1)N(C(=O)Cn1nnc2ccccc21)c1ccc(OC)cc1. The maximum atomic E-state index is 13.9. The fourth-order valence-corrected chi connectivity index (χ4v) is 4.54.